The molecule has 2 aromatic heterocycles. The minimum absolute atomic E-state index is 0.362. The molecule has 0 amide bonds. The van der Waals surface area contributed by atoms with Crippen molar-refractivity contribution in [2.75, 3.05) is 12.0 Å². The molecule has 0 radical (unpaired) electrons. The number of aromatic nitrogens is 2. The molecule has 7 heteroatoms. The Bertz CT molecular complexity index is 958. The van der Waals surface area contributed by atoms with Crippen molar-refractivity contribution < 1.29 is 4.42 Å². The summed E-state index contributed by atoms with van der Waals surface area (Å²) in [4.78, 5) is 29.0. The lowest BCUT2D eigenvalue weighted by Gasteiger charge is -2.30. The Kier molecular flexibility index (Phi) is 3.55. The Morgan fingerprint density at radius 2 is 1.92 bits per heavy atom. The highest BCUT2D eigenvalue weighted by Crippen LogP contribution is 2.21. The van der Waals surface area contributed by atoms with Crippen molar-refractivity contribution in [1.29, 1.82) is 0 Å². The van der Waals surface area contributed by atoms with E-state index in [1.54, 1.807) is 6.26 Å². The second-order valence-corrected chi connectivity index (χ2v) is 5.66. The standard InChI is InChI=1S/C17H16N4O3/c22-16-14-10-20(9-13-7-4-8-24-13)11-18-15(14)21(17(23)19-16)12-5-2-1-3-6-12/h1-8,18H,9-11H2,(H,19,22,23). The molecule has 0 aliphatic carbocycles. The van der Waals surface area contributed by atoms with E-state index < -0.39 is 5.69 Å². The summed E-state index contributed by atoms with van der Waals surface area (Å²) in [7, 11) is 0. The number of aromatic amines is 1. The first-order valence-corrected chi connectivity index (χ1v) is 7.64. The summed E-state index contributed by atoms with van der Waals surface area (Å²) in [5.41, 5.74) is 0.439. The third kappa shape index (κ3) is 2.55. The van der Waals surface area contributed by atoms with Crippen LogP contribution in [0.1, 0.15) is 11.3 Å². The monoisotopic (exact) mass is 324 g/mol. The number of para-hydroxylation sites is 1. The molecule has 0 unspecified atom stereocenters. The van der Waals surface area contributed by atoms with Gasteiger partial charge in [0.1, 0.15) is 11.6 Å². The van der Waals surface area contributed by atoms with E-state index in [2.05, 4.69) is 10.3 Å². The maximum absolute atomic E-state index is 12.3. The highest BCUT2D eigenvalue weighted by Gasteiger charge is 2.23. The highest BCUT2D eigenvalue weighted by molar-refractivity contribution is 5.51. The second kappa shape index (κ2) is 5.86. The van der Waals surface area contributed by atoms with Crippen LogP contribution in [0.5, 0.6) is 0 Å². The first-order chi connectivity index (χ1) is 11.7. The van der Waals surface area contributed by atoms with E-state index in [4.69, 9.17) is 4.42 Å². The molecule has 1 aromatic carbocycles. The fraction of sp³-hybridized carbons (Fsp3) is 0.176. The molecule has 3 heterocycles. The SMILES string of the molecule is O=c1[nH]c(=O)n(-c2ccccc2)c2c1CN(Cc1ccco1)CN2. The minimum atomic E-state index is -0.447. The fourth-order valence-electron chi connectivity index (χ4n) is 2.93. The molecule has 0 saturated carbocycles. The van der Waals surface area contributed by atoms with Crippen molar-refractivity contribution >= 4 is 5.82 Å². The number of benzene rings is 1. The molecule has 0 atom stereocenters. The molecule has 2 N–H and O–H groups in total. The van der Waals surface area contributed by atoms with Crippen LogP contribution in [0.2, 0.25) is 0 Å². The fourth-order valence-corrected chi connectivity index (χ4v) is 2.93. The number of anilines is 1. The molecule has 0 bridgehead atoms. The predicted octanol–water partition coefficient (Wildman–Crippen LogP) is 1.50. The molecule has 1 aliphatic heterocycles. The van der Waals surface area contributed by atoms with Gasteiger partial charge in [-0.3, -0.25) is 14.7 Å². The van der Waals surface area contributed by atoms with Crippen LogP contribution in [-0.2, 0) is 13.1 Å². The number of nitrogens with one attached hydrogen (secondary N) is 2. The van der Waals surface area contributed by atoms with Crippen molar-refractivity contribution in [1.82, 2.24) is 14.5 Å². The summed E-state index contributed by atoms with van der Waals surface area (Å²) in [6.07, 6.45) is 1.63. The molecule has 1 aliphatic rings. The maximum Gasteiger partial charge on any atom is 0.334 e. The zero-order chi connectivity index (χ0) is 16.5. The number of rotatable bonds is 3. The quantitative estimate of drug-likeness (QED) is 0.763. The van der Waals surface area contributed by atoms with Gasteiger partial charge in [0.2, 0.25) is 0 Å². The maximum atomic E-state index is 12.3. The van der Waals surface area contributed by atoms with Gasteiger partial charge in [-0.05, 0) is 24.3 Å². The van der Waals surface area contributed by atoms with Crippen molar-refractivity contribution in [3.8, 4) is 5.69 Å². The van der Waals surface area contributed by atoms with Gasteiger partial charge >= 0.3 is 5.69 Å². The molecule has 0 spiro atoms. The van der Waals surface area contributed by atoms with Crippen molar-refractivity contribution in [2.24, 2.45) is 0 Å². The Labute approximate surface area is 137 Å². The molecule has 7 nitrogen and oxygen atoms in total. The average molecular weight is 324 g/mol. The molecular formula is C17H16N4O3. The van der Waals surface area contributed by atoms with E-state index in [0.29, 0.717) is 36.8 Å². The zero-order valence-corrected chi connectivity index (χ0v) is 12.9. The number of furan rings is 1. The normalized spacial score (nSPS) is 14.2. The lowest BCUT2D eigenvalue weighted by Crippen LogP contribution is -2.42. The van der Waals surface area contributed by atoms with E-state index in [9.17, 15) is 9.59 Å². The van der Waals surface area contributed by atoms with E-state index in [1.165, 1.54) is 4.57 Å². The van der Waals surface area contributed by atoms with Crippen LogP contribution in [0.3, 0.4) is 0 Å². The summed E-state index contributed by atoms with van der Waals surface area (Å²) < 4.78 is 6.86. The van der Waals surface area contributed by atoms with Gasteiger partial charge in [-0.25, -0.2) is 9.36 Å². The predicted molar refractivity (Wildman–Crippen MR) is 89.1 cm³/mol. The largest absolute Gasteiger partial charge is 0.468 e. The molecule has 24 heavy (non-hydrogen) atoms. The summed E-state index contributed by atoms with van der Waals surface area (Å²) in [6, 6.07) is 13.0. The number of H-pyrrole nitrogens is 1. The van der Waals surface area contributed by atoms with Gasteiger partial charge in [-0.1, -0.05) is 18.2 Å². The lowest BCUT2D eigenvalue weighted by molar-refractivity contribution is 0.241. The van der Waals surface area contributed by atoms with E-state index in [1.807, 2.05) is 47.4 Å². The highest BCUT2D eigenvalue weighted by atomic mass is 16.3. The number of hydrogen-bond donors (Lipinski definition) is 2. The van der Waals surface area contributed by atoms with E-state index >= 15 is 0 Å². The molecule has 3 aromatic rings. The second-order valence-electron chi connectivity index (χ2n) is 5.66. The van der Waals surface area contributed by atoms with Crippen LogP contribution >= 0.6 is 0 Å². The van der Waals surface area contributed by atoms with Crippen LogP contribution in [0.4, 0.5) is 5.82 Å². The molecule has 0 saturated heterocycles. The Morgan fingerprint density at radius 3 is 2.67 bits per heavy atom. The van der Waals surface area contributed by atoms with E-state index in [0.717, 1.165) is 5.76 Å². The number of hydrogen-bond acceptors (Lipinski definition) is 5. The van der Waals surface area contributed by atoms with Crippen LogP contribution < -0.4 is 16.6 Å². The van der Waals surface area contributed by atoms with Gasteiger partial charge in [0.25, 0.3) is 5.56 Å². The summed E-state index contributed by atoms with van der Waals surface area (Å²) in [6.45, 7) is 1.54. The van der Waals surface area contributed by atoms with Gasteiger partial charge in [0.05, 0.1) is 30.7 Å². The topological polar surface area (TPSA) is 83.3 Å². The van der Waals surface area contributed by atoms with Crippen molar-refractivity contribution in [3.05, 3.63) is 80.9 Å². The van der Waals surface area contributed by atoms with Gasteiger partial charge in [-0.2, -0.15) is 0 Å². The molecular weight excluding hydrogens is 308 g/mol. The number of nitrogens with zero attached hydrogens (tertiary/aromatic N) is 2. The first kappa shape index (κ1) is 14.5. The Morgan fingerprint density at radius 1 is 1.08 bits per heavy atom. The number of fused-ring (bicyclic) bond motifs is 1. The van der Waals surface area contributed by atoms with Crippen molar-refractivity contribution in [2.45, 2.75) is 13.1 Å². The molecule has 0 fully saturated rings. The zero-order valence-electron chi connectivity index (χ0n) is 12.9. The van der Waals surface area contributed by atoms with Crippen LogP contribution in [0, 0.1) is 0 Å². The van der Waals surface area contributed by atoms with Gasteiger partial charge in [0, 0.05) is 6.54 Å². The minimum Gasteiger partial charge on any atom is -0.468 e. The van der Waals surface area contributed by atoms with Crippen LogP contribution in [-0.4, -0.2) is 21.1 Å². The van der Waals surface area contributed by atoms with Crippen molar-refractivity contribution in [3.63, 3.8) is 0 Å². The van der Waals surface area contributed by atoms with E-state index in [-0.39, 0.29) is 5.56 Å². The first-order valence-electron chi connectivity index (χ1n) is 7.64. The van der Waals surface area contributed by atoms with Crippen LogP contribution in [0.25, 0.3) is 5.69 Å². The third-order valence-corrected chi connectivity index (χ3v) is 4.03. The summed E-state index contributed by atoms with van der Waals surface area (Å²) in [5, 5.41) is 3.20. The molecule has 122 valence electrons. The molecule has 4 rings (SSSR count). The van der Waals surface area contributed by atoms with Gasteiger partial charge < -0.3 is 9.73 Å². The van der Waals surface area contributed by atoms with Gasteiger partial charge in [-0.15, -0.1) is 0 Å². The smallest absolute Gasteiger partial charge is 0.334 e. The Hall–Kier alpha value is -3.06. The summed E-state index contributed by atoms with van der Waals surface area (Å²) in [5.74, 6) is 1.37. The summed E-state index contributed by atoms with van der Waals surface area (Å²) >= 11 is 0. The lowest BCUT2D eigenvalue weighted by atomic mass is 10.2. The third-order valence-electron chi connectivity index (χ3n) is 4.03. The van der Waals surface area contributed by atoms with Gasteiger partial charge in [0.15, 0.2) is 0 Å². The van der Waals surface area contributed by atoms with Crippen LogP contribution in [0.15, 0.2) is 62.7 Å². The Balaban J connectivity index is 1.74. The average Bonchev–Trinajstić information content (AvgIpc) is 3.09.